The predicted molar refractivity (Wildman–Crippen MR) is 65.4 cm³/mol. The Kier molecular flexibility index (Phi) is 3.84. The van der Waals surface area contributed by atoms with Crippen LogP contribution in [0.1, 0.15) is 25.7 Å². The second-order valence-corrected chi connectivity index (χ2v) is 5.13. The van der Waals surface area contributed by atoms with Gasteiger partial charge in [0, 0.05) is 13.6 Å². The van der Waals surface area contributed by atoms with Crippen molar-refractivity contribution < 1.29 is 14.4 Å². The summed E-state index contributed by atoms with van der Waals surface area (Å²) in [6.45, 7) is 0.130. The molecule has 1 heterocycles. The summed E-state index contributed by atoms with van der Waals surface area (Å²) < 4.78 is 0. The highest BCUT2D eigenvalue weighted by Crippen LogP contribution is 2.39. The average molecular weight is 263 g/mol. The van der Waals surface area contributed by atoms with E-state index in [1.807, 2.05) is 6.07 Å². The molecule has 1 aliphatic heterocycles. The van der Waals surface area contributed by atoms with Gasteiger partial charge in [-0.15, -0.1) is 0 Å². The molecule has 1 aliphatic carbocycles. The molecular weight excluding hydrogens is 246 g/mol. The van der Waals surface area contributed by atoms with Crippen LogP contribution in [0.3, 0.4) is 0 Å². The smallest absolute Gasteiger partial charge is 0.242 e. The summed E-state index contributed by atoms with van der Waals surface area (Å²) in [6, 6.07) is 1.96. The largest absolute Gasteiger partial charge is 0.343 e. The molecule has 0 radical (unpaired) electrons. The number of amides is 3. The van der Waals surface area contributed by atoms with Gasteiger partial charge in [-0.1, -0.05) is 6.42 Å². The number of fused-ring (bicyclic) bond motifs is 1. The number of likely N-dealkylation sites (tertiary alicyclic amines) is 1. The van der Waals surface area contributed by atoms with Gasteiger partial charge in [0.1, 0.15) is 6.54 Å². The van der Waals surface area contributed by atoms with Crippen molar-refractivity contribution in [2.45, 2.75) is 25.7 Å². The van der Waals surface area contributed by atoms with Crippen molar-refractivity contribution in [2.24, 2.45) is 11.8 Å². The van der Waals surface area contributed by atoms with Gasteiger partial charge in [0.15, 0.2) is 0 Å². The van der Waals surface area contributed by atoms with Crippen LogP contribution in [0.15, 0.2) is 0 Å². The minimum atomic E-state index is -0.295. The first-order valence-electron chi connectivity index (χ1n) is 6.52. The summed E-state index contributed by atoms with van der Waals surface area (Å²) in [5, 5.41) is 8.47. The number of likely N-dealkylation sites (N-methyl/N-ethyl adjacent to an activating group) is 1. The van der Waals surface area contributed by atoms with Crippen molar-refractivity contribution in [1.82, 2.24) is 9.80 Å². The molecule has 1 saturated heterocycles. The summed E-state index contributed by atoms with van der Waals surface area (Å²) in [4.78, 5) is 38.5. The second kappa shape index (κ2) is 5.39. The molecule has 19 heavy (non-hydrogen) atoms. The van der Waals surface area contributed by atoms with E-state index < -0.39 is 0 Å². The maximum Gasteiger partial charge on any atom is 0.242 e. The van der Waals surface area contributed by atoms with Crippen molar-refractivity contribution in [3.8, 4) is 6.07 Å². The average Bonchev–Trinajstić information content (AvgIpc) is 2.95. The number of imide groups is 1. The van der Waals surface area contributed by atoms with E-state index in [1.165, 1.54) is 4.90 Å². The van der Waals surface area contributed by atoms with Gasteiger partial charge in [-0.25, -0.2) is 0 Å². The van der Waals surface area contributed by atoms with Crippen LogP contribution in [0.4, 0.5) is 0 Å². The molecule has 0 N–H and O–H groups in total. The Labute approximate surface area is 112 Å². The normalized spacial score (nSPS) is 25.4. The Morgan fingerprint density at radius 2 is 1.95 bits per heavy atom. The van der Waals surface area contributed by atoms with E-state index >= 15 is 0 Å². The lowest BCUT2D eigenvalue weighted by atomic mass is 10.00. The van der Waals surface area contributed by atoms with Crippen LogP contribution < -0.4 is 0 Å². The Morgan fingerprint density at radius 3 is 2.47 bits per heavy atom. The Morgan fingerprint density at radius 1 is 1.37 bits per heavy atom. The fraction of sp³-hybridized carbons (Fsp3) is 0.692. The zero-order valence-electron chi connectivity index (χ0n) is 11.0. The molecule has 2 unspecified atom stereocenters. The van der Waals surface area contributed by atoms with Gasteiger partial charge in [0.25, 0.3) is 0 Å². The molecule has 6 nitrogen and oxygen atoms in total. The van der Waals surface area contributed by atoms with E-state index in [2.05, 4.69) is 0 Å². The van der Waals surface area contributed by atoms with Gasteiger partial charge in [0.05, 0.1) is 24.3 Å². The van der Waals surface area contributed by atoms with E-state index in [1.54, 1.807) is 7.05 Å². The van der Waals surface area contributed by atoms with Crippen LogP contribution in [0.2, 0.25) is 0 Å². The molecule has 102 valence electrons. The number of nitrogens with zero attached hydrogens (tertiary/aromatic N) is 3. The maximum absolute atomic E-state index is 12.1. The van der Waals surface area contributed by atoms with Crippen LogP contribution in [0.5, 0.6) is 0 Å². The predicted octanol–water partition coefficient (Wildman–Crippen LogP) is 0.144. The summed E-state index contributed by atoms with van der Waals surface area (Å²) >= 11 is 0. The molecule has 2 fully saturated rings. The lowest BCUT2D eigenvalue weighted by Crippen LogP contribution is -2.42. The quantitative estimate of drug-likeness (QED) is 0.676. The number of carbonyl (C=O) groups excluding carboxylic acids is 3. The van der Waals surface area contributed by atoms with Crippen molar-refractivity contribution >= 4 is 17.7 Å². The summed E-state index contributed by atoms with van der Waals surface area (Å²) in [5.74, 6) is -1.10. The Bertz CT molecular complexity index is 433. The second-order valence-electron chi connectivity index (χ2n) is 5.13. The third kappa shape index (κ3) is 2.46. The van der Waals surface area contributed by atoms with Crippen LogP contribution >= 0.6 is 0 Å². The zero-order valence-corrected chi connectivity index (χ0v) is 11.0. The van der Waals surface area contributed by atoms with Gasteiger partial charge < -0.3 is 4.90 Å². The highest BCUT2D eigenvalue weighted by atomic mass is 16.2. The van der Waals surface area contributed by atoms with Gasteiger partial charge >= 0.3 is 0 Å². The maximum atomic E-state index is 12.1. The molecule has 0 spiro atoms. The number of hydrogen-bond donors (Lipinski definition) is 0. The highest BCUT2D eigenvalue weighted by molar-refractivity contribution is 6.07. The first-order valence-corrected chi connectivity index (χ1v) is 6.52. The lowest BCUT2D eigenvalue weighted by molar-refractivity contribution is -0.146. The van der Waals surface area contributed by atoms with Crippen LogP contribution in [-0.2, 0) is 14.4 Å². The third-order valence-electron chi connectivity index (χ3n) is 3.96. The fourth-order valence-electron chi connectivity index (χ4n) is 2.81. The summed E-state index contributed by atoms with van der Waals surface area (Å²) in [5.41, 5.74) is 0. The standard InChI is InChI=1S/C13H17N3O3/c1-15(7-3-6-14)11(17)8-16-12(18)9-4-2-5-10(9)13(16)19/h9-10H,2-5,7-8H2,1H3. The molecule has 1 saturated carbocycles. The lowest BCUT2D eigenvalue weighted by Gasteiger charge is -2.20. The van der Waals surface area contributed by atoms with Crippen molar-refractivity contribution in [3.63, 3.8) is 0 Å². The number of rotatable bonds is 4. The summed E-state index contributed by atoms with van der Waals surface area (Å²) in [7, 11) is 1.57. The van der Waals surface area contributed by atoms with Crippen molar-refractivity contribution in [3.05, 3.63) is 0 Å². The third-order valence-corrected chi connectivity index (χ3v) is 3.96. The minimum absolute atomic E-state index is 0.188. The Hall–Kier alpha value is -1.90. The number of carbonyl (C=O) groups is 3. The van der Waals surface area contributed by atoms with E-state index in [4.69, 9.17) is 5.26 Å². The molecule has 0 bridgehead atoms. The molecule has 2 rings (SSSR count). The van der Waals surface area contributed by atoms with Gasteiger partial charge in [-0.3, -0.25) is 19.3 Å². The molecule has 0 aromatic heterocycles. The van der Waals surface area contributed by atoms with Gasteiger partial charge in [0.2, 0.25) is 17.7 Å². The Balaban J connectivity index is 1.96. The first-order chi connectivity index (χ1) is 9.06. The van der Waals surface area contributed by atoms with Gasteiger partial charge in [-0.05, 0) is 12.8 Å². The molecule has 2 aliphatic rings. The van der Waals surface area contributed by atoms with Crippen molar-refractivity contribution in [1.29, 1.82) is 5.26 Å². The first kappa shape index (κ1) is 13.5. The van der Waals surface area contributed by atoms with E-state index in [0.29, 0.717) is 6.54 Å². The SMILES string of the molecule is CN(CCC#N)C(=O)CN1C(=O)C2CCCC2C1=O. The van der Waals surface area contributed by atoms with E-state index in [0.717, 1.165) is 24.2 Å². The number of hydrogen-bond acceptors (Lipinski definition) is 4. The van der Waals surface area contributed by atoms with E-state index in [9.17, 15) is 14.4 Å². The molecule has 0 aromatic rings. The molecule has 6 heteroatoms. The topological polar surface area (TPSA) is 81.5 Å². The zero-order chi connectivity index (χ0) is 14.0. The highest BCUT2D eigenvalue weighted by Gasteiger charge is 2.50. The van der Waals surface area contributed by atoms with Crippen LogP contribution in [0.25, 0.3) is 0 Å². The number of nitriles is 1. The minimum Gasteiger partial charge on any atom is -0.343 e. The molecule has 0 aromatic carbocycles. The van der Waals surface area contributed by atoms with Crippen LogP contribution in [-0.4, -0.2) is 47.7 Å². The molecule has 2 atom stereocenters. The monoisotopic (exact) mass is 263 g/mol. The molecule has 3 amide bonds. The van der Waals surface area contributed by atoms with E-state index in [-0.39, 0.29) is 42.5 Å². The van der Waals surface area contributed by atoms with Crippen molar-refractivity contribution in [2.75, 3.05) is 20.1 Å². The summed E-state index contributed by atoms with van der Waals surface area (Å²) in [6.07, 6.45) is 2.67. The van der Waals surface area contributed by atoms with Gasteiger partial charge in [-0.2, -0.15) is 5.26 Å². The fourth-order valence-corrected chi connectivity index (χ4v) is 2.81. The van der Waals surface area contributed by atoms with Crippen LogP contribution in [0, 0.1) is 23.2 Å². The molecular formula is C13H17N3O3.